The highest BCUT2D eigenvalue weighted by Gasteiger charge is 2.49. The zero-order chi connectivity index (χ0) is 14.1. The molecule has 1 aliphatic rings. The third-order valence-corrected chi connectivity index (χ3v) is 3.73. The molecular weight excluding hydrogens is 237 g/mol. The lowest BCUT2D eigenvalue weighted by Gasteiger charge is -2.32. The van der Waals surface area contributed by atoms with E-state index in [1.165, 1.54) is 0 Å². The van der Waals surface area contributed by atoms with E-state index in [1.807, 2.05) is 57.9 Å². The monoisotopic (exact) mass is 255 g/mol. The summed E-state index contributed by atoms with van der Waals surface area (Å²) in [6, 6.07) is 9.55. The second kappa shape index (κ2) is 4.84. The van der Waals surface area contributed by atoms with E-state index in [-0.39, 0.29) is 18.3 Å². The maximum absolute atomic E-state index is 8.86. The van der Waals surface area contributed by atoms with Gasteiger partial charge in [0.05, 0.1) is 22.8 Å². The molecule has 1 fully saturated rings. The molecule has 1 aromatic carbocycles. The maximum Gasteiger partial charge on any atom is 0.487 e. The zero-order valence-electron chi connectivity index (χ0n) is 11.8. The molecule has 3 nitrogen and oxygen atoms in total. The van der Waals surface area contributed by atoms with Gasteiger partial charge >= 0.3 is 7.12 Å². The van der Waals surface area contributed by atoms with Crippen molar-refractivity contribution in [1.29, 1.82) is 5.26 Å². The first kappa shape index (κ1) is 13.9. The summed E-state index contributed by atoms with van der Waals surface area (Å²) in [6.45, 7) is 8.10. The molecule has 1 aromatic rings. The summed E-state index contributed by atoms with van der Waals surface area (Å²) in [4.78, 5) is 0. The van der Waals surface area contributed by atoms with Crippen molar-refractivity contribution in [3.63, 3.8) is 0 Å². The molecule has 0 saturated carbocycles. The van der Waals surface area contributed by atoms with Crippen molar-refractivity contribution in [2.24, 2.45) is 0 Å². The Morgan fingerprint density at radius 2 is 1.79 bits per heavy atom. The Morgan fingerprint density at radius 3 is 2.37 bits per heavy atom. The molecule has 2 rings (SSSR count). The van der Waals surface area contributed by atoms with Crippen LogP contribution >= 0.6 is 0 Å². The molecule has 0 unspecified atom stereocenters. The van der Waals surface area contributed by atoms with Crippen LogP contribution in [-0.2, 0) is 9.31 Å². The lowest BCUT2D eigenvalue weighted by Crippen LogP contribution is -2.41. The number of nitriles is 1. The molecule has 0 radical (unpaired) electrons. The third-order valence-electron chi connectivity index (χ3n) is 3.73. The van der Waals surface area contributed by atoms with Gasteiger partial charge in [0.1, 0.15) is 0 Å². The van der Waals surface area contributed by atoms with Crippen LogP contribution in [0.2, 0.25) is 0 Å². The Morgan fingerprint density at radius 1 is 1.16 bits per heavy atom. The minimum absolute atomic E-state index is 0.323. The fraction of sp³-hybridized carbons (Fsp3) is 0.400. The predicted molar refractivity (Wildman–Crippen MR) is 76.3 cm³/mol. The van der Waals surface area contributed by atoms with Crippen LogP contribution in [0, 0.1) is 11.3 Å². The quantitative estimate of drug-likeness (QED) is 0.762. The number of nitrogens with zero attached hydrogens (tertiary/aromatic N) is 1. The SMILES string of the molecule is CC1(C)OB(/C=C/c2cccc(C#N)c2)OC1(C)C. The summed E-state index contributed by atoms with van der Waals surface area (Å²) < 4.78 is 11.7. The number of hydrogen-bond donors (Lipinski definition) is 0. The van der Waals surface area contributed by atoms with Crippen LogP contribution in [0.25, 0.3) is 6.08 Å². The van der Waals surface area contributed by atoms with Gasteiger partial charge in [-0.3, -0.25) is 0 Å². The number of hydrogen-bond acceptors (Lipinski definition) is 3. The summed E-state index contributed by atoms with van der Waals surface area (Å²) in [5.74, 6) is 1.88. The van der Waals surface area contributed by atoms with Crippen LogP contribution in [0.4, 0.5) is 0 Å². The molecule has 4 heteroatoms. The Labute approximate surface area is 115 Å². The van der Waals surface area contributed by atoms with E-state index >= 15 is 0 Å². The fourth-order valence-electron chi connectivity index (χ4n) is 1.87. The van der Waals surface area contributed by atoms with Crippen molar-refractivity contribution in [2.75, 3.05) is 0 Å². The van der Waals surface area contributed by atoms with Gasteiger partial charge in [0.25, 0.3) is 0 Å². The summed E-state index contributed by atoms with van der Waals surface area (Å²) >= 11 is 0. The van der Waals surface area contributed by atoms with Gasteiger partial charge in [-0.05, 0) is 45.4 Å². The number of benzene rings is 1. The van der Waals surface area contributed by atoms with E-state index in [2.05, 4.69) is 6.07 Å². The van der Waals surface area contributed by atoms with Crippen LogP contribution in [0.1, 0.15) is 38.8 Å². The Bertz CT molecular complexity index is 527. The molecule has 0 spiro atoms. The Hall–Kier alpha value is -1.57. The molecule has 1 aliphatic heterocycles. The smallest absolute Gasteiger partial charge is 0.400 e. The average molecular weight is 255 g/mol. The summed E-state index contributed by atoms with van der Waals surface area (Å²) in [6.07, 6.45) is 1.92. The van der Waals surface area contributed by atoms with E-state index < -0.39 is 0 Å². The lowest BCUT2D eigenvalue weighted by molar-refractivity contribution is 0.00578. The van der Waals surface area contributed by atoms with E-state index in [1.54, 1.807) is 6.07 Å². The van der Waals surface area contributed by atoms with Crippen molar-refractivity contribution in [1.82, 2.24) is 0 Å². The van der Waals surface area contributed by atoms with Crippen molar-refractivity contribution in [3.05, 3.63) is 41.4 Å². The zero-order valence-corrected chi connectivity index (χ0v) is 11.8. The van der Waals surface area contributed by atoms with Crippen LogP contribution in [0.15, 0.2) is 30.2 Å². The van der Waals surface area contributed by atoms with E-state index in [9.17, 15) is 0 Å². The van der Waals surface area contributed by atoms with Gasteiger partial charge in [-0.1, -0.05) is 24.2 Å². The van der Waals surface area contributed by atoms with Crippen LogP contribution < -0.4 is 0 Å². The fourth-order valence-corrected chi connectivity index (χ4v) is 1.87. The number of rotatable bonds is 2. The molecule has 1 saturated heterocycles. The van der Waals surface area contributed by atoms with Gasteiger partial charge in [-0.15, -0.1) is 0 Å². The topological polar surface area (TPSA) is 42.2 Å². The Kier molecular flexibility index (Phi) is 3.53. The minimum atomic E-state index is -0.351. The van der Waals surface area contributed by atoms with Crippen molar-refractivity contribution in [2.45, 2.75) is 38.9 Å². The second-order valence-electron chi connectivity index (χ2n) is 5.72. The van der Waals surface area contributed by atoms with Gasteiger partial charge in [0, 0.05) is 0 Å². The molecule has 0 N–H and O–H groups in total. The maximum atomic E-state index is 8.86. The largest absolute Gasteiger partial charge is 0.487 e. The standard InChI is InChI=1S/C15H18BNO2/c1-14(2)15(3,4)19-16(18-14)9-8-12-6-5-7-13(10-12)11-17/h5-10H,1-4H3/b9-8+. The first-order valence-corrected chi connectivity index (χ1v) is 6.38. The lowest BCUT2D eigenvalue weighted by atomic mass is 9.89. The normalized spacial score (nSPS) is 20.7. The van der Waals surface area contributed by atoms with Gasteiger partial charge in [0.15, 0.2) is 0 Å². The molecule has 0 amide bonds. The summed E-state index contributed by atoms with van der Waals surface area (Å²) in [5, 5.41) is 8.86. The molecule has 98 valence electrons. The molecule has 1 heterocycles. The van der Waals surface area contributed by atoms with Gasteiger partial charge in [-0.2, -0.15) is 5.26 Å². The van der Waals surface area contributed by atoms with Gasteiger partial charge in [-0.25, -0.2) is 0 Å². The van der Waals surface area contributed by atoms with E-state index in [0.717, 1.165) is 5.56 Å². The predicted octanol–water partition coefficient (Wildman–Crippen LogP) is 3.20. The minimum Gasteiger partial charge on any atom is -0.400 e. The highest BCUT2D eigenvalue weighted by molar-refractivity contribution is 6.52. The molecule has 0 aromatic heterocycles. The molecule has 0 aliphatic carbocycles. The van der Waals surface area contributed by atoms with Crippen LogP contribution in [0.3, 0.4) is 0 Å². The van der Waals surface area contributed by atoms with Crippen molar-refractivity contribution in [3.8, 4) is 6.07 Å². The first-order valence-electron chi connectivity index (χ1n) is 6.38. The molecule has 19 heavy (non-hydrogen) atoms. The molecular formula is C15H18BNO2. The highest BCUT2D eigenvalue weighted by atomic mass is 16.7. The molecule has 0 bridgehead atoms. The summed E-state index contributed by atoms with van der Waals surface area (Å²) in [5.41, 5.74) is 0.970. The molecule has 0 atom stereocenters. The van der Waals surface area contributed by atoms with Gasteiger partial charge in [0.2, 0.25) is 0 Å². The summed E-state index contributed by atoms with van der Waals surface area (Å²) in [7, 11) is -0.351. The van der Waals surface area contributed by atoms with E-state index in [0.29, 0.717) is 5.56 Å². The first-order chi connectivity index (χ1) is 8.84. The second-order valence-corrected chi connectivity index (χ2v) is 5.72. The van der Waals surface area contributed by atoms with Crippen LogP contribution in [-0.4, -0.2) is 18.3 Å². The van der Waals surface area contributed by atoms with E-state index in [4.69, 9.17) is 14.6 Å². The van der Waals surface area contributed by atoms with Crippen molar-refractivity contribution >= 4 is 13.2 Å². The Balaban J connectivity index is 2.11. The van der Waals surface area contributed by atoms with Crippen molar-refractivity contribution < 1.29 is 9.31 Å². The third kappa shape index (κ3) is 2.89. The average Bonchev–Trinajstić information content (AvgIpc) is 2.56. The van der Waals surface area contributed by atoms with Gasteiger partial charge < -0.3 is 9.31 Å². The van der Waals surface area contributed by atoms with Crippen LogP contribution in [0.5, 0.6) is 0 Å². The highest BCUT2D eigenvalue weighted by Crippen LogP contribution is 2.36.